The molecule has 3 nitrogen and oxygen atoms in total. The van der Waals surface area contributed by atoms with Gasteiger partial charge in [0.05, 0.1) is 12.7 Å². The van der Waals surface area contributed by atoms with E-state index in [1.165, 1.54) is 0 Å². The maximum Gasteiger partial charge on any atom is 0.213 e. The molecule has 0 spiro atoms. The summed E-state index contributed by atoms with van der Waals surface area (Å²) in [7, 11) is 0. The van der Waals surface area contributed by atoms with Gasteiger partial charge in [-0.15, -0.1) is 0 Å². The van der Waals surface area contributed by atoms with Gasteiger partial charge in [-0.05, 0) is 42.3 Å². The van der Waals surface area contributed by atoms with Crippen LogP contribution in [0.15, 0.2) is 16.7 Å². The molecular weight excluding hydrogens is 258 g/mol. The summed E-state index contributed by atoms with van der Waals surface area (Å²) in [5.41, 5.74) is 1.12. The van der Waals surface area contributed by atoms with Gasteiger partial charge in [-0.2, -0.15) is 0 Å². The van der Waals surface area contributed by atoms with Gasteiger partial charge in [0, 0.05) is 16.7 Å². The standard InChI is InChI=1S/C11H16BrNO2/c1-8(2)14-4-5-15-11-6-9(3)10(12)7-13-11/h6-8H,4-5H2,1-3H3. The minimum Gasteiger partial charge on any atom is -0.475 e. The molecular formula is C11H16BrNO2. The van der Waals surface area contributed by atoms with E-state index < -0.39 is 0 Å². The molecule has 84 valence electrons. The molecule has 0 amide bonds. The first kappa shape index (κ1) is 12.5. The van der Waals surface area contributed by atoms with Crippen molar-refractivity contribution in [1.29, 1.82) is 0 Å². The third-order valence-electron chi connectivity index (χ3n) is 1.81. The number of nitrogens with zero attached hydrogens (tertiary/aromatic N) is 1. The second-order valence-corrected chi connectivity index (χ2v) is 4.39. The van der Waals surface area contributed by atoms with Crippen LogP contribution in [0.3, 0.4) is 0 Å². The lowest BCUT2D eigenvalue weighted by Gasteiger charge is -2.09. The molecule has 0 atom stereocenters. The Morgan fingerprint density at radius 2 is 2.13 bits per heavy atom. The number of aromatic nitrogens is 1. The zero-order chi connectivity index (χ0) is 11.3. The molecule has 1 heterocycles. The quantitative estimate of drug-likeness (QED) is 0.773. The van der Waals surface area contributed by atoms with Gasteiger partial charge in [-0.25, -0.2) is 4.98 Å². The van der Waals surface area contributed by atoms with Crippen molar-refractivity contribution < 1.29 is 9.47 Å². The molecule has 1 aromatic rings. The summed E-state index contributed by atoms with van der Waals surface area (Å²) < 4.78 is 11.8. The van der Waals surface area contributed by atoms with Crippen LogP contribution in [0.2, 0.25) is 0 Å². The molecule has 0 saturated carbocycles. The molecule has 0 aliphatic heterocycles. The lowest BCUT2D eigenvalue weighted by molar-refractivity contribution is 0.0542. The Bertz CT molecular complexity index is 315. The highest BCUT2D eigenvalue weighted by molar-refractivity contribution is 9.10. The average molecular weight is 274 g/mol. The summed E-state index contributed by atoms with van der Waals surface area (Å²) in [6, 6.07) is 1.90. The molecule has 1 rings (SSSR count). The summed E-state index contributed by atoms with van der Waals surface area (Å²) in [6.45, 7) is 7.13. The molecule has 0 aliphatic carbocycles. The average Bonchev–Trinajstić information content (AvgIpc) is 2.18. The fraction of sp³-hybridized carbons (Fsp3) is 0.545. The molecule has 1 aromatic heterocycles. The first-order chi connectivity index (χ1) is 7.09. The lowest BCUT2D eigenvalue weighted by atomic mass is 10.3. The molecule has 0 bridgehead atoms. The van der Waals surface area contributed by atoms with Crippen molar-refractivity contribution in [2.45, 2.75) is 26.9 Å². The summed E-state index contributed by atoms with van der Waals surface area (Å²) in [4.78, 5) is 4.13. The van der Waals surface area contributed by atoms with Gasteiger partial charge < -0.3 is 9.47 Å². The van der Waals surface area contributed by atoms with E-state index >= 15 is 0 Å². The number of aryl methyl sites for hydroxylation is 1. The minimum absolute atomic E-state index is 0.244. The van der Waals surface area contributed by atoms with E-state index in [0.717, 1.165) is 10.0 Å². The number of hydrogen-bond acceptors (Lipinski definition) is 3. The van der Waals surface area contributed by atoms with E-state index in [1.807, 2.05) is 26.8 Å². The molecule has 0 aliphatic rings. The van der Waals surface area contributed by atoms with Gasteiger partial charge in [0.1, 0.15) is 6.61 Å². The van der Waals surface area contributed by atoms with Crippen molar-refractivity contribution in [2.75, 3.05) is 13.2 Å². The van der Waals surface area contributed by atoms with E-state index in [2.05, 4.69) is 20.9 Å². The van der Waals surface area contributed by atoms with Crippen LogP contribution in [-0.4, -0.2) is 24.3 Å². The fourth-order valence-electron chi connectivity index (χ4n) is 1.02. The highest BCUT2D eigenvalue weighted by Gasteiger charge is 2.00. The monoisotopic (exact) mass is 273 g/mol. The highest BCUT2D eigenvalue weighted by Crippen LogP contribution is 2.18. The van der Waals surface area contributed by atoms with Crippen LogP contribution in [-0.2, 0) is 4.74 Å². The number of rotatable bonds is 5. The molecule has 0 saturated heterocycles. The van der Waals surface area contributed by atoms with Gasteiger partial charge in [-0.1, -0.05) is 0 Å². The third kappa shape index (κ3) is 4.62. The van der Waals surface area contributed by atoms with Gasteiger partial charge in [0.2, 0.25) is 5.88 Å². The normalized spacial score (nSPS) is 10.7. The largest absolute Gasteiger partial charge is 0.475 e. The van der Waals surface area contributed by atoms with Crippen LogP contribution in [0.5, 0.6) is 5.88 Å². The zero-order valence-electron chi connectivity index (χ0n) is 9.29. The molecule has 0 radical (unpaired) electrons. The second kappa shape index (κ2) is 6.08. The van der Waals surface area contributed by atoms with Crippen LogP contribution in [0.4, 0.5) is 0 Å². The Hall–Kier alpha value is -0.610. The van der Waals surface area contributed by atoms with Crippen LogP contribution in [0, 0.1) is 6.92 Å². The van der Waals surface area contributed by atoms with Gasteiger partial charge in [0.25, 0.3) is 0 Å². The Kier molecular flexibility index (Phi) is 5.05. The first-order valence-electron chi connectivity index (χ1n) is 4.96. The van der Waals surface area contributed by atoms with Crippen LogP contribution >= 0.6 is 15.9 Å². The smallest absolute Gasteiger partial charge is 0.213 e. The van der Waals surface area contributed by atoms with Crippen molar-refractivity contribution in [2.24, 2.45) is 0 Å². The Morgan fingerprint density at radius 1 is 1.40 bits per heavy atom. The van der Waals surface area contributed by atoms with Crippen LogP contribution < -0.4 is 4.74 Å². The Morgan fingerprint density at radius 3 is 2.73 bits per heavy atom. The number of pyridine rings is 1. The van der Waals surface area contributed by atoms with Gasteiger partial charge in [0.15, 0.2) is 0 Å². The third-order valence-corrected chi connectivity index (χ3v) is 2.64. The number of halogens is 1. The van der Waals surface area contributed by atoms with Crippen molar-refractivity contribution in [3.05, 3.63) is 22.3 Å². The molecule has 0 aromatic carbocycles. The minimum atomic E-state index is 0.244. The lowest BCUT2D eigenvalue weighted by Crippen LogP contribution is -2.11. The van der Waals surface area contributed by atoms with E-state index in [1.54, 1.807) is 6.20 Å². The number of ether oxygens (including phenoxy) is 2. The van der Waals surface area contributed by atoms with Crippen molar-refractivity contribution in [3.63, 3.8) is 0 Å². The van der Waals surface area contributed by atoms with Crippen molar-refractivity contribution >= 4 is 15.9 Å². The predicted molar refractivity (Wildman–Crippen MR) is 63.3 cm³/mol. The molecule has 0 N–H and O–H groups in total. The van der Waals surface area contributed by atoms with Crippen molar-refractivity contribution in [3.8, 4) is 5.88 Å². The predicted octanol–water partition coefficient (Wildman–Crippen LogP) is 2.96. The maximum atomic E-state index is 5.44. The Balaban J connectivity index is 2.35. The topological polar surface area (TPSA) is 31.4 Å². The first-order valence-corrected chi connectivity index (χ1v) is 5.75. The summed E-state index contributed by atoms with van der Waals surface area (Å²) >= 11 is 3.39. The van der Waals surface area contributed by atoms with Crippen LogP contribution in [0.25, 0.3) is 0 Å². The Labute approximate surface area is 98.9 Å². The highest BCUT2D eigenvalue weighted by atomic mass is 79.9. The van der Waals surface area contributed by atoms with E-state index in [-0.39, 0.29) is 6.10 Å². The van der Waals surface area contributed by atoms with Crippen molar-refractivity contribution in [1.82, 2.24) is 4.98 Å². The number of hydrogen-bond donors (Lipinski definition) is 0. The zero-order valence-corrected chi connectivity index (χ0v) is 10.9. The SMILES string of the molecule is Cc1cc(OCCOC(C)C)ncc1Br. The summed E-state index contributed by atoms with van der Waals surface area (Å²) in [5.74, 6) is 0.642. The molecule has 4 heteroatoms. The van der Waals surface area contributed by atoms with Gasteiger partial charge >= 0.3 is 0 Å². The van der Waals surface area contributed by atoms with E-state index in [0.29, 0.717) is 19.1 Å². The van der Waals surface area contributed by atoms with E-state index in [9.17, 15) is 0 Å². The molecule has 0 unspecified atom stereocenters. The van der Waals surface area contributed by atoms with Gasteiger partial charge in [-0.3, -0.25) is 0 Å². The molecule has 0 fully saturated rings. The summed E-state index contributed by atoms with van der Waals surface area (Å²) in [5, 5.41) is 0. The summed E-state index contributed by atoms with van der Waals surface area (Å²) in [6.07, 6.45) is 1.99. The second-order valence-electron chi connectivity index (χ2n) is 3.54. The fourth-order valence-corrected chi connectivity index (χ4v) is 1.24. The van der Waals surface area contributed by atoms with E-state index in [4.69, 9.17) is 9.47 Å². The van der Waals surface area contributed by atoms with Crippen LogP contribution in [0.1, 0.15) is 19.4 Å². The molecule has 15 heavy (non-hydrogen) atoms. The maximum absolute atomic E-state index is 5.44.